The molecule has 0 spiro atoms. The number of rotatable bonds is 18. The van der Waals surface area contributed by atoms with Gasteiger partial charge in [0.2, 0.25) is 0 Å². The third-order valence-electron chi connectivity index (χ3n) is 10.3. The summed E-state index contributed by atoms with van der Waals surface area (Å²) in [5.41, 5.74) is -8.66. The maximum atomic E-state index is 8.80. The Hall–Kier alpha value is -5.13. The molecule has 87 heavy (non-hydrogen) atoms. The Labute approximate surface area is 531 Å². The fraction of sp³-hybridized carbons (Fsp3) is 0.667. The van der Waals surface area contributed by atoms with E-state index in [4.69, 9.17) is 61.0 Å². The second-order valence-corrected chi connectivity index (χ2v) is 38.6. The minimum Gasteiger partial charge on any atom is -0.488 e. The highest BCUT2D eigenvalue weighted by Crippen LogP contribution is 2.41. The Bertz CT molecular complexity index is 2420. The van der Waals surface area contributed by atoms with Crippen LogP contribution < -0.4 is 77.6 Å². The van der Waals surface area contributed by atoms with Crippen molar-refractivity contribution in [2.45, 2.75) is 316 Å². The average molecular weight is 1250 g/mol. The van der Waals surface area contributed by atoms with Crippen LogP contribution in [0.2, 0.25) is 0 Å². The normalized spacial score (nSPS) is 13.8. The summed E-state index contributed by atoms with van der Waals surface area (Å²) in [7, 11) is -6.17. The van der Waals surface area contributed by atoms with E-state index in [0.29, 0.717) is 89.7 Å². The second kappa shape index (κ2) is 25.6. The summed E-state index contributed by atoms with van der Waals surface area (Å²) in [5, 5.41) is 2.46. The highest BCUT2D eigenvalue weighted by atomic mass is 28.4. The zero-order valence-corrected chi connectivity index (χ0v) is 62.9. The first-order chi connectivity index (χ1) is 38.5. The molecular formula is C72H116O13Si2. The summed E-state index contributed by atoms with van der Waals surface area (Å²) in [4.78, 5) is 0. The second-order valence-electron chi connectivity index (χ2n) is 34.5. The first-order valence-corrected chi connectivity index (χ1v) is 33.7. The van der Waals surface area contributed by atoms with Crippen LogP contribution in [0.15, 0.2) is 48.5 Å². The quantitative estimate of drug-likeness (QED) is 0.0880. The Balaban J connectivity index is 2.74. The van der Waals surface area contributed by atoms with Crippen molar-refractivity contribution in [3.05, 3.63) is 48.5 Å². The van der Waals surface area contributed by atoms with E-state index in [-0.39, 0.29) is 0 Å². The minimum absolute atomic E-state index is 0.467. The van der Waals surface area contributed by atoms with Gasteiger partial charge in [0.05, 0.1) is 20.7 Å². The Morgan fingerprint density at radius 3 is 0.368 bits per heavy atom. The van der Waals surface area contributed by atoms with E-state index >= 15 is 0 Å². The Kier molecular flexibility index (Phi) is 21.9. The molecule has 0 heterocycles. The summed E-state index contributed by atoms with van der Waals surface area (Å²) >= 11 is 0. The lowest BCUT2D eigenvalue weighted by Crippen LogP contribution is -2.59. The zero-order chi connectivity index (χ0) is 67.2. The van der Waals surface area contributed by atoms with Crippen molar-refractivity contribution in [2.24, 2.45) is 0 Å². The van der Waals surface area contributed by atoms with E-state index in [0.717, 1.165) is 0 Å². The molecule has 0 aliphatic carbocycles. The third-order valence-corrected chi connectivity index (χ3v) is 15.7. The summed E-state index contributed by atoms with van der Waals surface area (Å²) in [6.07, 6.45) is 0. The van der Waals surface area contributed by atoms with Gasteiger partial charge in [-0.2, -0.15) is 0 Å². The molecule has 0 fully saturated rings. The van der Waals surface area contributed by atoms with Crippen LogP contribution in [0.5, 0.6) is 69.0 Å². The lowest BCUT2D eigenvalue weighted by Gasteiger charge is -2.37. The molecule has 0 N–H and O–H groups in total. The topological polar surface area (TPSA) is 120 Å². The summed E-state index contributed by atoms with van der Waals surface area (Å²) < 4.78 is 94.9. The first kappa shape index (κ1) is 74.3. The van der Waals surface area contributed by atoms with Gasteiger partial charge in [-0.15, -0.1) is 0 Å². The average Bonchev–Trinajstić information content (AvgIpc) is 0.762. The molecule has 0 saturated carbocycles. The van der Waals surface area contributed by atoms with Crippen LogP contribution in [0.3, 0.4) is 0 Å². The van der Waals surface area contributed by atoms with Gasteiger partial charge in [-0.25, -0.2) is 0 Å². The van der Waals surface area contributed by atoms with Gasteiger partial charge in [-0.05, 0) is 249 Å². The molecule has 4 aromatic rings. The highest BCUT2D eigenvalue weighted by molar-refractivity contribution is 6.94. The van der Waals surface area contributed by atoms with Crippen molar-refractivity contribution in [2.75, 3.05) is 0 Å². The van der Waals surface area contributed by atoms with E-state index in [9.17, 15) is 0 Å². The van der Waals surface area contributed by atoms with Gasteiger partial charge in [-0.1, -0.05) is 0 Å². The van der Waals surface area contributed by atoms with Crippen molar-refractivity contribution in [3.8, 4) is 69.0 Å². The van der Waals surface area contributed by atoms with E-state index in [2.05, 4.69) is 0 Å². The van der Waals surface area contributed by atoms with Gasteiger partial charge in [0.1, 0.15) is 136 Å². The lowest BCUT2D eigenvalue weighted by atomic mass is 10.1. The molecule has 490 valence electrons. The summed E-state index contributed by atoms with van der Waals surface area (Å²) in [5.74, 6) is 5.89. The highest BCUT2D eigenvalue weighted by Gasteiger charge is 2.46. The van der Waals surface area contributed by atoms with Crippen LogP contribution in [-0.2, 0) is 4.12 Å². The van der Waals surface area contributed by atoms with E-state index in [1.54, 1.807) is 0 Å². The van der Waals surface area contributed by atoms with Crippen LogP contribution in [0, 0.1) is 0 Å². The van der Waals surface area contributed by atoms with Crippen LogP contribution in [0.4, 0.5) is 0 Å². The molecule has 4 rings (SSSR count). The molecule has 0 atom stereocenters. The molecule has 0 unspecified atom stereocenters. The van der Waals surface area contributed by atoms with Crippen molar-refractivity contribution in [3.63, 3.8) is 0 Å². The monoisotopic (exact) mass is 1240 g/mol. The van der Waals surface area contributed by atoms with Gasteiger partial charge in [-0.3, -0.25) is 0 Å². The number of hydrogen-bond donors (Lipinski definition) is 0. The molecule has 0 aliphatic rings. The predicted octanol–water partition coefficient (Wildman–Crippen LogP) is 16.7. The Morgan fingerprint density at radius 1 is 0.172 bits per heavy atom. The number of benzene rings is 4. The van der Waals surface area contributed by atoms with Gasteiger partial charge in [0.25, 0.3) is 18.1 Å². The van der Waals surface area contributed by atoms with E-state index in [1.807, 2.05) is 298 Å². The summed E-state index contributed by atoms with van der Waals surface area (Å²) in [6.45, 7) is 73.0. The van der Waals surface area contributed by atoms with Gasteiger partial charge in [0.15, 0.2) is 0 Å². The molecule has 13 nitrogen and oxygen atoms in total. The van der Waals surface area contributed by atoms with Crippen LogP contribution in [0.1, 0.15) is 249 Å². The molecule has 2 radical (unpaired) electrons. The zero-order valence-electron chi connectivity index (χ0n) is 60.9. The van der Waals surface area contributed by atoms with E-state index < -0.39 is 85.3 Å². The van der Waals surface area contributed by atoms with Gasteiger partial charge < -0.3 is 61.0 Å². The van der Waals surface area contributed by atoms with Crippen molar-refractivity contribution in [1.82, 2.24) is 0 Å². The lowest BCUT2D eigenvalue weighted by molar-refractivity contribution is 0.111. The SMILES string of the molecule is CC(C)(C)Oc1cc(OC(C)(C)C)c([Si](O[Si](c2c(OC(C)(C)C)cc(OC(C)(C)C)cc2OC(C)(C)C)c2c(OC(C)(C)C)cc(OC(C)(C)C)cc2OC(C)(C)C)c2c(OC(C)(C)C)cc(OC(C)(C)C)cc2OC(C)(C)C)c(OC(C)(C)C)c1. The third kappa shape index (κ3) is 26.1. The molecule has 0 aliphatic heterocycles. The maximum Gasteiger partial charge on any atom is 0.287 e. The molecule has 0 saturated heterocycles. The van der Waals surface area contributed by atoms with Crippen molar-refractivity contribution >= 4 is 38.8 Å². The first-order valence-electron chi connectivity index (χ1n) is 30.9. The molecule has 0 bridgehead atoms. The van der Waals surface area contributed by atoms with Crippen LogP contribution >= 0.6 is 0 Å². The van der Waals surface area contributed by atoms with Crippen molar-refractivity contribution in [1.29, 1.82) is 0 Å². The molecular weight excluding hydrogens is 1130 g/mol. The number of ether oxygens (including phenoxy) is 12. The summed E-state index contributed by atoms with van der Waals surface area (Å²) in [6, 6.07) is 15.6. The van der Waals surface area contributed by atoms with Crippen LogP contribution in [-0.4, -0.2) is 85.3 Å². The molecule has 0 amide bonds. The predicted molar refractivity (Wildman–Crippen MR) is 361 cm³/mol. The van der Waals surface area contributed by atoms with Crippen LogP contribution in [0.25, 0.3) is 0 Å². The smallest absolute Gasteiger partial charge is 0.287 e. The van der Waals surface area contributed by atoms with Gasteiger partial charge >= 0.3 is 0 Å². The minimum atomic E-state index is -3.08. The fourth-order valence-corrected chi connectivity index (χ4v) is 14.4. The van der Waals surface area contributed by atoms with E-state index in [1.165, 1.54) is 0 Å². The van der Waals surface area contributed by atoms with Crippen molar-refractivity contribution < 1.29 is 61.0 Å². The fourth-order valence-electron chi connectivity index (χ4n) is 8.65. The molecule has 15 heteroatoms. The molecule has 4 aromatic carbocycles. The maximum absolute atomic E-state index is 8.80. The molecule has 0 aromatic heterocycles. The number of hydrogen-bond acceptors (Lipinski definition) is 13. The Morgan fingerprint density at radius 2 is 0.276 bits per heavy atom. The standard InChI is InChI=1S/C72H116O13Si2/c1-61(2,3)73-45-37-49(77-65(13,14)15)57(50(38-45)78-66(16,17)18)86(58-51(79-67(19,20)21)39-46(74-62(4,5)6)40-52(58)80-68(22,23)24)85-87(59-53(81-69(25,26)27)41-47(75-63(7,8)9)42-54(59)82-70(28,29)30)60-55(83-71(31,32)33)43-48(76-64(10,11)12)44-56(60)84-72(34,35)36/h37-44H,1-36H3. The largest absolute Gasteiger partial charge is 0.488 e. The van der Waals surface area contributed by atoms with Gasteiger partial charge in [0, 0.05) is 48.5 Å².